The van der Waals surface area contributed by atoms with Gasteiger partial charge in [0.15, 0.2) is 5.82 Å². The lowest BCUT2D eigenvalue weighted by Gasteiger charge is -2.20. The summed E-state index contributed by atoms with van der Waals surface area (Å²) in [5.74, 6) is 0.380. The van der Waals surface area contributed by atoms with Crippen molar-refractivity contribution in [2.45, 2.75) is 32.0 Å². The lowest BCUT2D eigenvalue weighted by Crippen LogP contribution is -2.41. The van der Waals surface area contributed by atoms with Crippen molar-refractivity contribution in [1.82, 2.24) is 10.1 Å². The normalized spacial score (nSPS) is 21.3. The maximum absolute atomic E-state index is 12.1. The number of likely N-dealkylation sites (N-methyl/N-ethyl adjacent to an activating group) is 1. The van der Waals surface area contributed by atoms with Crippen molar-refractivity contribution in [3.05, 3.63) is 11.8 Å². The fourth-order valence-corrected chi connectivity index (χ4v) is 2.21. The Morgan fingerprint density at radius 3 is 2.86 bits per heavy atom. The molecule has 0 spiro atoms. The highest BCUT2D eigenvalue weighted by Crippen LogP contribution is 2.20. The summed E-state index contributed by atoms with van der Waals surface area (Å²) in [5.41, 5.74) is 5.51. The Morgan fingerprint density at radius 1 is 1.52 bits per heavy atom. The van der Waals surface area contributed by atoms with E-state index in [1.165, 1.54) is 4.90 Å². The van der Waals surface area contributed by atoms with E-state index in [1.807, 2.05) is 0 Å². The molecule has 116 valence electrons. The number of anilines is 1. The van der Waals surface area contributed by atoms with Crippen molar-refractivity contribution in [1.29, 1.82) is 0 Å². The van der Waals surface area contributed by atoms with Gasteiger partial charge in [-0.05, 0) is 19.8 Å². The molecule has 2 heterocycles. The first kappa shape index (κ1) is 15.5. The molecule has 2 atom stereocenters. The molecule has 1 aromatic rings. The Labute approximate surface area is 122 Å². The first-order chi connectivity index (χ1) is 9.99. The summed E-state index contributed by atoms with van der Waals surface area (Å²) >= 11 is 0. The molecular weight excluding hydrogens is 276 g/mol. The van der Waals surface area contributed by atoms with Crippen molar-refractivity contribution in [3.63, 3.8) is 0 Å². The zero-order valence-corrected chi connectivity index (χ0v) is 12.2. The van der Waals surface area contributed by atoms with Crippen LogP contribution in [0.3, 0.4) is 0 Å². The van der Waals surface area contributed by atoms with Crippen LogP contribution in [0.2, 0.25) is 0 Å². The number of nitrogens with two attached hydrogens (primary N) is 1. The number of amides is 2. The second-order valence-corrected chi connectivity index (χ2v) is 5.13. The number of nitrogens with zero attached hydrogens (tertiary/aromatic N) is 2. The van der Waals surface area contributed by atoms with Crippen LogP contribution in [0, 0.1) is 6.92 Å². The van der Waals surface area contributed by atoms with Crippen LogP contribution in [0.1, 0.15) is 18.6 Å². The molecule has 0 radical (unpaired) electrons. The van der Waals surface area contributed by atoms with E-state index >= 15 is 0 Å². The second kappa shape index (κ2) is 6.68. The molecule has 1 aliphatic heterocycles. The molecule has 21 heavy (non-hydrogen) atoms. The molecule has 8 nitrogen and oxygen atoms in total. The Bertz CT molecular complexity index is 516. The van der Waals surface area contributed by atoms with E-state index in [0.29, 0.717) is 24.5 Å². The number of nitrogens with one attached hydrogen (secondary N) is 1. The van der Waals surface area contributed by atoms with Gasteiger partial charge in [-0.25, -0.2) is 0 Å². The number of ether oxygens (including phenoxy) is 1. The zero-order valence-electron chi connectivity index (χ0n) is 12.2. The number of aryl methyl sites for hydroxylation is 1. The van der Waals surface area contributed by atoms with Crippen molar-refractivity contribution >= 4 is 17.6 Å². The molecule has 1 fully saturated rings. The summed E-state index contributed by atoms with van der Waals surface area (Å²) in [5, 5.41) is 6.22. The van der Waals surface area contributed by atoms with Gasteiger partial charge in [0.25, 0.3) is 5.91 Å². The average molecular weight is 296 g/mol. The van der Waals surface area contributed by atoms with E-state index in [4.69, 9.17) is 15.0 Å². The second-order valence-electron chi connectivity index (χ2n) is 5.13. The van der Waals surface area contributed by atoms with Crippen LogP contribution in [0.5, 0.6) is 0 Å². The van der Waals surface area contributed by atoms with Crippen LogP contribution in [-0.4, -0.2) is 54.2 Å². The highest BCUT2D eigenvalue weighted by molar-refractivity contribution is 5.94. The largest absolute Gasteiger partial charge is 0.364 e. The SMILES string of the molecule is Cc1cc(NC(=O)CN(C)C(=O)[C@@H]2CC[C@H](CN)O2)no1. The molecule has 8 heteroatoms. The Morgan fingerprint density at radius 2 is 2.29 bits per heavy atom. The molecule has 0 saturated carbocycles. The number of hydrogen-bond acceptors (Lipinski definition) is 6. The molecule has 0 aliphatic carbocycles. The Balaban J connectivity index is 1.81. The van der Waals surface area contributed by atoms with Gasteiger partial charge in [-0.1, -0.05) is 5.16 Å². The summed E-state index contributed by atoms with van der Waals surface area (Å²) in [6, 6.07) is 1.60. The molecule has 0 aromatic carbocycles. The fourth-order valence-electron chi connectivity index (χ4n) is 2.21. The van der Waals surface area contributed by atoms with Gasteiger partial charge in [-0.15, -0.1) is 0 Å². The van der Waals surface area contributed by atoms with Gasteiger partial charge < -0.3 is 25.2 Å². The molecule has 1 aromatic heterocycles. The smallest absolute Gasteiger partial charge is 0.251 e. The van der Waals surface area contributed by atoms with Gasteiger partial charge in [0.2, 0.25) is 5.91 Å². The van der Waals surface area contributed by atoms with Crippen LogP contribution in [-0.2, 0) is 14.3 Å². The van der Waals surface area contributed by atoms with Gasteiger partial charge >= 0.3 is 0 Å². The third-order valence-corrected chi connectivity index (χ3v) is 3.30. The van der Waals surface area contributed by atoms with Crippen LogP contribution < -0.4 is 11.1 Å². The average Bonchev–Trinajstić information content (AvgIpc) is 3.06. The first-order valence-corrected chi connectivity index (χ1v) is 6.83. The molecular formula is C13H20N4O4. The standard InChI is InChI=1S/C13H20N4O4/c1-8-5-11(16-21-8)15-12(18)7-17(2)13(19)10-4-3-9(6-14)20-10/h5,9-10H,3-4,6-7,14H2,1-2H3,(H,15,16,18)/t9-,10+/m1/s1. The zero-order chi connectivity index (χ0) is 15.4. The molecule has 1 saturated heterocycles. The van der Waals surface area contributed by atoms with Crippen LogP contribution in [0.15, 0.2) is 10.6 Å². The monoisotopic (exact) mass is 296 g/mol. The van der Waals surface area contributed by atoms with Crippen molar-refractivity contribution in [3.8, 4) is 0 Å². The lowest BCUT2D eigenvalue weighted by molar-refractivity contribution is -0.143. The maximum Gasteiger partial charge on any atom is 0.251 e. The van der Waals surface area contributed by atoms with Crippen molar-refractivity contribution in [2.75, 3.05) is 25.5 Å². The number of hydrogen-bond donors (Lipinski definition) is 2. The van der Waals surface area contributed by atoms with Crippen molar-refractivity contribution < 1.29 is 18.8 Å². The minimum absolute atomic E-state index is 0.0701. The van der Waals surface area contributed by atoms with Gasteiger partial charge in [-0.3, -0.25) is 9.59 Å². The fraction of sp³-hybridized carbons (Fsp3) is 0.615. The van der Waals surface area contributed by atoms with E-state index in [2.05, 4.69) is 10.5 Å². The maximum atomic E-state index is 12.1. The molecule has 0 bridgehead atoms. The van der Waals surface area contributed by atoms with E-state index in [9.17, 15) is 9.59 Å². The third-order valence-electron chi connectivity index (χ3n) is 3.30. The number of aromatic nitrogens is 1. The van der Waals surface area contributed by atoms with E-state index < -0.39 is 6.10 Å². The van der Waals surface area contributed by atoms with Crippen molar-refractivity contribution in [2.24, 2.45) is 5.73 Å². The highest BCUT2D eigenvalue weighted by Gasteiger charge is 2.32. The molecule has 2 amide bonds. The minimum atomic E-state index is -0.509. The Kier molecular flexibility index (Phi) is 4.92. The van der Waals surface area contributed by atoms with Gasteiger partial charge in [0, 0.05) is 19.7 Å². The molecule has 0 unspecified atom stereocenters. The molecule has 3 N–H and O–H groups in total. The van der Waals surface area contributed by atoms with E-state index in [0.717, 1.165) is 6.42 Å². The van der Waals surface area contributed by atoms with Gasteiger partial charge in [-0.2, -0.15) is 0 Å². The predicted molar refractivity (Wildman–Crippen MR) is 74.5 cm³/mol. The quantitative estimate of drug-likeness (QED) is 0.784. The topological polar surface area (TPSA) is 111 Å². The van der Waals surface area contributed by atoms with Gasteiger partial charge in [0.05, 0.1) is 12.6 Å². The van der Waals surface area contributed by atoms with Crippen LogP contribution >= 0.6 is 0 Å². The number of rotatable bonds is 5. The molecule has 1 aliphatic rings. The summed E-state index contributed by atoms with van der Waals surface area (Å²) in [6.07, 6.45) is 0.824. The summed E-state index contributed by atoms with van der Waals surface area (Å²) in [7, 11) is 1.56. The van der Waals surface area contributed by atoms with E-state index in [1.54, 1.807) is 20.0 Å². The number of carbonyl (C=O) groups excluding carboxylic acids is 2. The number of carbonyl (C=O) groups is 2. The Hall–Kier alpha value is -1.93. The van der Waals surface area contributed by atoms with Crippen LogP contribution in [0.4, 0.5) is 5.82 Å². The highest BCUT2D eigenvalue weighted by atomic mass is 16.5. The molecule has 2 rings (SSSR count). The minimum Gasteiger partial charge on any atom is -0.364 e. The predicted octanol–water partition coefficient (Wildman–Crippen LogP) is -0.114. The van der Waals surface area contributed by atoms with Gasteiger partial charge in [0.1, 0.15) is 11.9 Å². The first-order valence-electron chi connectivity index (χ1n) is 6.83. The summed E-state index contributed by atoms with van der Waals surface area (Å²) in [6.45, 7) is 2.06. The summed E-state index contributed by atoms with van der Waals surface area (Å²) < 4.78 is 10.4. The lowest BCUT2D eigenvalue weighted by atomic mass is 10.2. The summed E-state index contributed by atoms with van der Waals surface area (Å²) in [4.78, 5) is 25.3. The van der Waals surface area contributed by atoms with E-state index in [-0.39, 0.29) is 24.5 Å². The third kappa shape index (κ3) is 4.02. The van der Waals surface area contributed by atoms with Crippen LogP contribution in [0.25, 0.3) is 0 Å².